The molecule has 0 aromatic heterocycles. The van der Waals surface area contributed by atoms with Gasteiger partial charge in [0.05, 0.1) is 5.69 Å². The lowest BCUT2D eigenvalue weighted by Gasteiger charge is -2.12. The molecule has 1 aliphatic rings. The van der Waals surface area contributed by atoms with Gasteiger partial charge in [0.15, 0.2) is 0 Å². The second-order valence-corrected chi connectivity index (χ2v) is 3.78. The summed E-state index contributed by atoms with van der Waals surface area (Å²) >= 11 is 0. The van der Waals surface area contributed by atoms with E-state index in [2.05, 4.69) is 15.8 Å². The molecule has 0 saturated carbocycles. The molecule has 6 nitrogen and oxygen atoms in total. The average molecular weight is 250 g/mol. The number of hydrogen-bond acceptors (Lipinski definition) is 4. The third-order valence-electron chi connectivity index (χ3n) is 2.42. The van der Waals surface area contributed by atoms with Gasteiger partial charge in [-0.3, -0.25) is 9.59 Å². The quantitative estimate of drug-likeness (QED) is 0.671. The van der Waals surface area contributed by atoms with Crippen LogP contribution in [0.1, 0.15) is 12.8 Å². The zero-order valence-corrected chi connectivity index (χ0v) is 9.37. The van der Waals surface area contributed by atoms with Gasteiger partial charge in [0.1, 0.15) is 11.5 Å². The number of nitrogens with two attached hydrogens (primary N) is 1. The maximum Gasteiger partial charge on any atom is 0.271 e. The first kappa shape index (κ1) is 12.0. The molecule has 1 heterocycles. The topological polar surface area (TPSA) is 96.6 Å². The third-order valence-corrected chi connectivity index (χ3v) is 2.42. The van der Waals surface area contributed by atoms with Crippen molar-refractivity contribution in [2.24, 2.45) is 5.10 Å². The van der Waals surface area contributed by atoms with Crippen molar-refractivity contribution in [1.29, 1.82) is 0 Å². The van der Waals surface area contributed by atoms with E-state index in [1.54, 1.807) is 0 Å². The number of hydrazone groups is 1. The lowest BCUT2D eigenvalue weighted by molar-refractivity contribution is -0.121. The van der Waals surface area contributed by atoms with Crippen LogP contribution in [0.2, 0.25) is 0 Å². The maximum atomic E-state index is 12.9. The Kier molecular flexibility index (Phi) is 3.22. The molecule has 0 saturated heterocycles. The molecule has 0 aliphatic carbocycles. The Morgan fingerprint density at radius 3 is 2.83 bits per heavy atom. The summed E-state index contributed by atoms with van der Waals surface area (Å²) in [4.78, 5) is 22.6. The van der Waals surface area contributed by atoms with E-state index in [0.717, 1.165) is 6.07 Å². The summed E-state index contributed by atoms with van der Waals surface area (Å²) in [5.74, 6) is -1.21. The number of carbonyl (C=O) groups is 2. The van der Waals surface area contributed by atoms with Gasteiger partial charge in [0.25, 0.3) is 5.91 Å². The van der Waals surface area contributed by atoms with E-state index in [-0.39, 0.29) is 30.1 Å². The van der Waals surface area contributed by atoms with Crippen molar-refractivity contribution in [3.05, 3.63) is 24.0 Å². The van der Waals surface area contributed by atoms with Gasteiger partial charge in [-0.2, -0.15) is 5.10 Å². The van der Waals surface area contributed by atoms with Gasteiger partial charge in [-0.1, -0.05) is 0 Å². The highest BCUT2D eigenvalue weighted by Crippen LogP contribution is 2.16. The number of amides is 2. The molecule has 0 spiro atoms. The van der Waals surface area contributed by atoms with Crippen LogP contribution < -0.4 is 16.5 Å². The highest BCUT2D eigenvalue weighted by molar-refractivity contribution is 6.43. The van der Waals surface area contributed by atoms with Gasteiger partial charge in [-0.15, -0.1) is 0 Å². The van der Waals surface area contributed by atoms with E-state index in [1.807, 2.05) is 0 Å². The summed E-state index contributed by atoms with van der Waals surface area (Å²) in [6.07, 6.45) is 0.492. The Hall–Kier alpha value is -2.44. The molecule has 2 rings (SSSR count). The summed E-state index contributed by atoms with van der Waals surface area (Å²) in [5, 5.41) is 6.17. The van der Waals surface area contributed by atoms with E-state index in [4.69, 9.17) is 5.73 Å². The molecular formula is C11H11FN4O2. The predicted octanol–water partition coefficient (Wildman–Crippen LogP) is 0.612. The Balaban J connectivity index is 2.07. The monoisotopic (exact) mass is 250 g/mol. The van der Waals surface area contributed by atoms with Crippen molar-refractivity contribution >= 4 is 28.9 Å². The molecule has 0 bridgehead atoms. The van der Waals surface area contributed by atoms with Crippen molar-refractivity contribution in [3.63, 3.8) is 0 Å². The number of hydrogen-bond donors (Lipinski definition) is 3. The number of carbonyl (C=O) groups excluding carboxylic acids is 2. The van der Waals surface area contributed by atoms with Crippen LogP contribution in [-0.2, 0) is 9.59 Å². The summed E-state index contributed by atoms with van der Waals surface area (Å²) in [6.45, 7) is 0. The molecule has 1 aliphatic heterocycles. The Labute approximate surface area is 102 Å². The minimum Gasteiger partial charge on any atom is -0.396 e. The molecule has 94 valence electrons. The fourth-order valence-corrected chi connectivity index (χ4v) is 1.46. The van der Waals surface area contributed by atoms with Crippen molar-refractivity contribution in [2.75, 3.05) is 11.1 Å². The maximum absolute atomic E-state index is 12.9. The van der Waals surface area contributed by atoms with Gasteiger partial charge in [-0.25, -0.2) is 9.82 Å². The SMILES string of the molecule is Nc1cc(NC(=O)C2=NNC(=O)CC2)ccc1F. The smallest absolute Gasteiger partial charge is 0.271 e. The first-order valence-corrected chi connectivity index (χ1v) is 5.28. The number of nitrogen functional groups attached to an aromatic ring is 1. The lowest BCUT2D eigenvalue weighted by Crippen LogP contribution is -2.32. The van der Waals surface area contributed by atoms with Gasteiger partial charge < -0.3 is 11.1 Å². The zero-order chi connectivity index (χ0) is 13.1. The standard InChI is InChI=1S/C11H11FN4O2/c12-7-2-1-6(5-8(7)13)14-11(18)9-3-4-10(17)16-15-9/h1-2,5H,3-4,13H2,(H,14,18)(H,16,17). The van der Waals surface area contributed by atoms with E-state index in [0.29, 0.717) is 5.69 Å². The van der Waals surface area contributed by atoms with Gasteiger partial charge in [0.2, 0.25) is 5.91 Å². The first-order valence-electron chi connectivity index (χ1n) is 5.28. The van der Waals surface area contributed by atoms with Crippen molar-refractivity contribution in [3.8, 4) is 0 Å². The third kappa shape index (κ3) is 2.62. The first-order chi connectivity index (χ1) is 8.56. The van der Waals surface area contributed by atoms with E-state index < -0.39 is 11.7 Å². The highest BCUT2D eigenvalue weighted by atomic mass is 19.1. The predicted molar refractivity (Wildman–Crippen MR) is 64.3 cm³/mol. The zero-order valence-electron chi connectivity index (χ0n) is 9.37. The van der Waals surface area contributed by atoms with Gasteiger partial charge >= 0.3 is 0 Å². The molecule has 1 aromatic carbocycles. The molecule has 18 heavy (non-hydrogen) atoms. The van der Waals surface area contributed by atoms with Crippen LogP contribution >= 0.6 is 0 Å². The van der Waals surface area contributed by atoms with Crippen LogP contribution in [0.4, 0.5) is 15.8 Å². The van der Waals surface area contributed by atoms with Crippen LogP contribution in [0.5, 0.6) is 0 Å². The average Bonchev–Trinajstić information content (AvgIpc) is 2.34. The lowest BCUT2D eigenvalue weighted by atomic mass is 10.1. The largest absolute Gasteiger partial charge is 0.396 e. The summed E-state index contributed by atoms with van der Waals surface area (Å²) in [6, 6.07) is 3.87. The molecular weight excluding hydrogens is 239 g/mol. The Morgan fingerprint density at radius 2 is 2.22 bits per heavy atom. The Bertz CT molecular complexity index is 542. The van der Waals surface area contributed by atoms with Crippen LogP contribution in [-0.4, -0.2) is 17.5 Å². The second-order valence-electron chi connectivity index (χ2n) is 3.78. The van der Waals surface area contributed by atoms with Crippen LogP contribution in [0.3, 0.4) is 0 Å². The highest BCUT2D eigenvalue weighted by Gasteiger charge is 2.18. The summed E-state index contributed by atoms with van der Waals surface area (Å²) in [7, 11) is 0. The van der Waals surface area contributed by atoms with E-state index in [9.17, 15) is 14.0 Å². The van der Waals surface area contributed by atoms with E-state index >= 15 is 0 Å². The van der Waals surface area contributed by atoms with E-state index in [1.165, 1.54) is 12.1 Å². The Morgan fingerprint density at radius 1 is 1.44 bits per heavy atom. The molecule has 0 unspecified atom stereocenters. The van der Waals surface area contributed by atoms with Crippen molar-refractivity contribution in [1.82, 2.24) is 5.43 Å². The fourth-order valence-electron chi connectivity index (χ4n) is 1.46. The number of nitrogens with zero attached hydrogens (tertiary/aromatic N) is 1. The molecule has 2 amide bonds. The van der Waals surface area contributed by atoms with Gasteiger partial charge in [-0.05, 0) is 18.2 Å². The molecule has 4 N–H and O–H groups in total. The molecule has 0 fully saturated rings. The van der Waals surface area contributed by atoms with Crippen molar-refractivity contribution < 1.29 is 14.0 Å². The van der Waals surface area contributed by atoms with Gasteiger partial charge in [0, 0.05) is 18.5 Å². The fraction of sp³-hybridized carbons (Fsp3) is 0.182. The van der Waals surface area contributed by atoms with Crippen LogP contribution in [0.15, 0.2) is 23.3 Å². The molecule has 7 heteroatoms. The van der Waals surface area contributed by atoms with Crippen LogP contribution in [0, 0.1) is 5.82 Å². The molecule has 0 radical (unpaired) electrons. The number of nitrogens with one attached hydrogen (secondary N) is 2. The number of anilines is 2. The molecule has 0 atom stereocenters. The summed E-state index contributed by atoms with van der Waals surface area (Å²) in [5.41, 5.74) is 8.15. The normalized spacial score (nSPS) is 14.7. The number of rotatable bonds is 2. The summed E-state index contributed by atoms with van der Waals surface area (Å²) < 4.78 is 12.9. The minimum absolute atomic E-state index is 0.0494. The number of halogens is 1. The van der Waals surface area contributed by atoms with Crippen LogP contribution in [0.25, 0.3) is 0 Å². The second kappa shape index (κ2) is 4.82. The minimum atomic E-state index is -0.546. The van der Waals surface area contributed by atoms with Crippen molar-refractivity contribution in [2.45, 2.75) is 12.8 Å². The molecule has 1 aromatic rings. The number of benzene rings is 1.